The summed E-state index contributed by atoms with van der Waals surface area (Å²) < 4.78 is 10.9. The molecular formula is C27H30N4O5. The van der Waals surface area contributed by atoms with E-state index in [1.54, 1.807) is 43.1 Å². The minimum absolute atomic E-state index is 0.0698. The number of ether oxygens (including phenoxy) is 1. The van der Waals surface area contributed by atoms with Gasteiger partial charge in [0.2, 0.25) is 17.7 Å². The Bertz CT molecular complexity index is 1240. The van der Waals surface area contributed by atoms with E-state index in [0.29, 0.717) is 49.0 Å². The number of esters is 1. The first kappa shape index (κ1) is 25.1. The van der Waals surface area contributed by atoms with Gasteiger partial charge in [-0.2, -0.15) is 0 Å². The normalized spacial score (nSPS) is 15.4. The number of rotatable bonds is 7. The minimum Gasteiger partial charge on any atom is -0.466 e. The summed E-state index contributed by atoms with van der Waals surface area (Å²) in [5.74, 6) is -0.268. The van der Waals surface area contributed by atoms with Crippen LogP contribution in [0.1, 0.15) is 35.7 Å². The minimum atomic E-state index is -0.313. The van der Waals surface area contributed by atoms with Crippen LogP contribution in [-0.4, -0.2) is 71.1 Å². The first-order valence-electron chi connectivity index (χ1n) is 12.1. The van der Waals surface area contributed by atoms with Gasteiger partial charge in [0.25, 0.3) is 5.91 Å². The molecule has 2 heterocycles. The number of likely N-dealkylation sites (tertiary alicyclic amines) is 1. The quantitative estimate of drug-likeness (QED) is 0.466. The Morgan fingerprint density at radius 3 is 2.50 bits per heavy atom. The Hall–Kier alpha value is -4.01. The number of carbonyl (C=O) groups excluding carboxylic acids is 3. The second-order valence-corrected chi connectivity index (χ2v) is 8.95. The fourth-order valence-corrected chi connectivity index (χ4v) is 4.24. The number of hydrogen-bond acceptors (Lipinski definition) is 7. The highest BCUT2D eigenvalue weighted by atomic mass is 16.5. The van der Waals surface area contributed by atoms with Gasteiger partial charge < -0.3 is 19.0 Å². The third-order valence-electron chi connectivity index (χ3n) is 6.18. The Morgan fingerprint density at radius 2 is 1.81 bits per heavy atom. The van der Waals surface area contributed by atoms with Gasteiger partial charge in [-0.25, -0.2) is 0 Å². The van der Waals surface area contributed by atoms with Crippen molar-refractivity contribution in [1.82, 2.24) is 20.0 Å². The highest BCUT2D eigenvalue weighted by Crippen LogP contribution is 2.25. The van der Waals surface area contributed by atoms with Crippen molar-refractivity contribution in [3.8, 4) is 22.9 Å². The van der Waals surface area contributed by atoms with Gasteiger partial charge in [0.1, 0.15) is 0 Å². The lowest BCUT2D eigenvalue weighted by Crippen LogP contribution is -2.47. The molecule has 0 aliphatic carbocycles. The molecule has 0 saturated carbocycles. The number of carbonyl (C=O) groups is 3. The molecular weight excluding hydrogens is 460 g/mol. The summed E-state index contributed by atoms with van der Waals surface area (Å²) >= 11 is 0. The lowest BCUT2D eigenvalue weighted by atomic mass is 9.98. The molecule has 188 valence electrons. The SMILES string of the molecule is CCOC(=O)C1CCCN(C(=O)CN(C)C(=O)c2ccc(-c3nnc(-c4cccc(C)c4)o3)cc2)C1. The van der Waals surface area contributed by atoms with E-state index in [9.17, 15) is 14.4 Å². The molecule has 0 radical (unpaired) electrons. The van der Waals surface area contributed by atoms with Gasteiger partial charge in [0, 0.05) is 36.8 Å². The average molecular weight is 491 g/mol. The molecule has 2 aromatic carbocycles. The number of likely N-dealkylation sites (N-methyl/N-ethyl adjacent to an activating group) is 1. The smallest absolute Gasteiger partial charge is 0.310 e. The fraction of sp³-hybridized carbons (Fsp3) is 0.370. The molecule has 1 fully saturated rings. The summed E-state index contributed by atoms with van der Waals surface area (Å²) in [6.07, 6.45) is 1.44. The van der Waals surface area contributed by atoms with Crippen LogP contribution >= 0.6 is 0 Å². The van der Waals surface area contributed by atoms with E-state index in [4.69, 9.17) is 9.15 Å². The molecule has 1 aliphatic rings. The maximum atomic E-state index is 12.9. The topological polar surface area (TPSA) is 106 Å². The predicted molar refractivity (Wildman–Crippen MR) is 133 cm³/mol. The number of amides is 2. The standard InChI is InChI=1S/C27H30N4O5/c1-4-35-27(34)22-9-6-14-31(16-22)23(32)17-30(3)26(33)20-12-10-19(11-13-20)24-28-29-25(36-24)21-8-5-7-18(2)15-21/h5,7-8,10-13,15,22H,4,6,9,14,16-17H2,1-3H3. The molecule has 36 heavy (non-hydrogen) atoms. The molecule has 0 spiro atoms. The number of aromatic nitrogens is 2. The van der Waals surface area contributed by atoms with Gasteiger partial charge in [-0.3, -0.25) is 14.4 Å². The van der Waals surface area contributed by atoms with E-state index in [0.717, 1.165) is 17.5 Å². The van der Waals surface area contributed by atoms with Crippen LogP contribution in [-0.2, 0) is 14.3 Å². The molecule has 1 saturated heterocycles. The molecule has 0 N–H and O–H groups in total. The molecule has 4 rings (SSSR count). The van der Waals surface area contributed by atoms with Crippen LogP contribution in [0.2, 0.25) is 0 Å². The Kier molecular flexibility index (Phi) is 7.77. The van der Waals surface area contributed by atoms with Crippen LogP contribution in [0.3, 0.4) is 0 Å². The van der Waals surface area contributed by atoms with E-state index >= 15 is 0 Å². The van der Waals surface area contributed by atoms with Crippen molar-refractivity contribution < 1.29 is 23.5 Å². The molecule has 2 amide bonds. The van der Waals surface area contributed by atoms with E-state index in [1.807, 2.05) is 31.2 Å². The van der Waals surface area contributed by atoms with E-state index in [1.165, 1.54) is 4.90 Å². The van der Waals surface area contributed by atoms with Crippen molar-refractivity contribution in [2.45, 2.75) is 26.7 Å². The molecule has 3 aromatic rings. The molecule has 1 aromatic heterocycles. The molecule has 9 nitrogen and oxygen atoms in total. The van der Waals surface area contributed by atoms with Crippen LogP contribution in [0.15, 0.2) is 52.9 Å². The highest BCUT2D eigenvalue weighted by molar-refractivity contribution is 5.96. The monoisotopic (exact) mass is 490 g/mol. The zero-order chi connectivity index (χ0) is 25.7. The predicted octanol–water partition coefficient (Wildman–Crippen LogP) is 3.59. The second-order valence-electron chi connectivity index (χ2n) is 8.95. The number of aryl methyl sites for hydroxylation is 1. The van der Waals surface area contributed by atoms with Crippen molar-refractivity contribution in [2.24, 2.45) is 5.92 Å². The van der Waals surface area contributed by atoms with E-state index in [2.05, 4.69) is 10.2 Å². The van der Waals surface area contributed by atoms with Gasteiger partial charge in [-0.05, 0) is 63.1 Å². The maximum Gasteiger partial charge on any atom is 0.310 e. The molecule has 9 heteroatoms. The van der Waals surface area contributed by atoms with Gasteiger partial charge >= 0.3 is 5.97 Å². The number of benzene rings is 2. The van der Waals surface area contributed by atoms with Crippen molar-refractivity contribution in [1.29, 1.82) is 0 Å². The molecule has 0 bridgehead atoms. The largest absolute Gasteiger partial charge is 0.466 e. The Balaban J connectivity index is 1.36. The third-order valence-corrected chi connectivity index (χ3v) is 6.18. The third kappa shape index (κ3) is 5.79. The van der Waals surface area contributed by atoms with Crippen LogP contribution in [0.5, 0.6) is 0 Å². The summed E-state index contributed by atoms with van der Waals surface area (Å²) in [6, 6.07) is 14.6. The zero-order valence-electron chi connectivity index (χ0n) is 20.8. The molecule has 1 unspecified atom stereocenters. The number of nitrogens with zero attached hydrogens (tertiary/aromatic N) is 4. The van der Waals surface area contributed by atoms with Crippen LogP contribution in [0, 0.1) is 12.8 Å². The van der Waals surface area contributed by atoms with Crippen molar-refractivity contribution in [2.75, 3.05) is 33.3 Å². The molecule has 1 aliphatic heterocycles. The van der Waals surface area contributed by atoms with Gasteiger partial charge in [-0.15, -0.1) is 10.2 Å². The van der Waals surface area contributed by atoms with Crippen LogP contribution < -0.4 is 0 Å². The second kappa shape index (κ2) is 11.2. The number of piperidine rings is 1. The zero-order valence-corrected chi connectivity index (χ0v) is 20.8. The summed E-state index contributed by atoms with van der Waals surface area (Å²) in [5, 5.41) is 8.26. The first-order chi connectivity index (χ1) is 17.4. The van der Waals surface area contributed by atoms with Crippen molar-refractivity contribution in [3.05, 3.63) is 59.7 Å². The summed E-state index contributed by atoms with van der Waals surface area (Å²) in [6.45, 7) is 4.90. The average Bonchev–Trinajstić information content (AvgIpc) is 3.39. The van der Waals surface area contributed by atoms with Crippen molar-refractivity contribution >= 4 is 17.8 Å². The summed E-state index contributed by atoms with van der Waals surface area (Å²) in [4.78, 5) is 40.8. The van der Waals surface area contributed by atoms with Crippen LogP contribution in [0.4, 0.5) is 0 Å². The lowest BCUT2D eigenvalue weighted by Gasteiger charge is -2.32. The maximum absolute atomic E-state index is 12.9. The summed E-state index contributed by atoms with van der Waals surface area (Å²) in [7, 11) is 1.59. The van der Waals surface area contributed by atoms with E-state index in [-0.39, 0.29) is 30.2 Å². The first-order valence-corrected chi connectivity index (χ1v) is 12.1. The van der Waals surface area contributed by atoms with Gasteiger partial charge in [-0.1, -0.05) is 17.7 Å². The molecule has 1 atom stereocenters. The Labute approximate surface area is 210 Å². The van der Waals surface area contributed by atoms with Gasteiger partial charge in [0.05, 0.1) is 19.1 Å². The van der Waals surface area contributed by atoms with Gasteiger partial charge in [0.15, 0.2) is 0 Å². The van der Waals surface area contributed by atoms with E-state index < -0.39 is 0 Å². The number of hydrogen-bond donors (Lipinski definition) is 0. The Morgan fingerprint density at radius 1 is 1.08 bits per heavy atom. The van der Waals surface area contributed by atoms with Crippen molar-refractivity contribution in [3.63, 3.8) is 0 Å². The highest BCUT2D eigenvalue weighted by Gasteiger charge is 2.30. The fourth-order valence-electron chi connectivity index (χ4n) is 4.24. The van der Waals surface area contributed by atoms with Crippen LogP contribution in [0.25, 0.3) is 22.9 Å². The lowest BCUT2D eigenvalue weighted by molar-refractivity contribution is -0.151. The summed E-state index contributed by atoms with van der Waals surface area (Å²) in [5.41, 5.74) is 3.07.